The van der Waals surface area contributed by atoms with Gasteiger partial charge in [-0.15, -0.1) is 0 Å². The number of ether oxygens (including phenoxy) is 2. The first-order valence-corrected chi connectivity index (χ1v) is 7.70. The van der Waals surface area contributed by atoms with Gasteiger partial charge in [-0.05, 0) is 31.0 Å². The molecule has 5 heteroatoms. The van der Waals surface area contributed by atoms with Crippen LogP contribution in [-0.4, -0.2) is 31.4 Å². The molecule has 0 radical (unpaired) electrons. The smallest absolute Gasteiger partial charge is 0.150 e. The molecule has 0 spiro atoms. The molecule has 1 fully saturated rings. The zero-order valence-corrected chi connectivity index (χ0v) is 12.9. The SMILES string of the molecule is O=Cc1ccc(OCC2(CBr)CCOCC2)c(Cl)c1. The molecule has 1 saturated heterocycles. The first kappa shape index (κ1) is 14.8. The lowest BCUT2D eigenvalue weighted by Gasteiger charge is -2.35. The first-order chi connectivity index (χ1) is 9.19. The number of hydrogen-bond donors (Lipinski definition) is 0. The maximum Gasteiger partial charge on any atom is 0.150 e. The fraction of sp³-hybridized carbons (Fsp3) is 0.500. The summed E-state index contributed by atoms with van der Waals surface area (Å²) >= 11 is 9.66. The van der Waals surface area contributed by atoms with Crippen molar-refractivity contribution >= 4 is 33.8 Å². The molecule has 1 aliphatic rings. The molecule has 1 aliphatic heterocycles. The number of rotatable bonds is 5. The predicted octanol–water partition coefficient (Wildman–Crippen LogP) is 3.72. The fourth-order valence-electron chi connectivity index (χ4n) is 2.06. The van der Waals surface area contributed by atoms with Crippen LogP contribution in [0, 0.1) is 5.41 Å². The van der Waals surface area contributed by atoms with E-state index >= 15 is 0 Å². The highest BCUT2D eigenvalue weighted by atomic mass is 79.9. The highest BCUT2D eigenvalue weighted by Gasteiger charge is 2.32. The quantitative estimate of drug-likeness (QED) is 0.601. The van der Waals surface area contributed by atoms with E-state index < -0.39 is 0 Å². The molecule has 0 N–H and O–H groups in total. The Kier molecular flexibility index (Phi) is 5.25. The number of carbonyl (C=O) groups is 1. The molecule has 1 aromatic rings. The Morgan fingerprint density at radius 3 is 2.74 bits per heavy atom. The highest BCUT2D eigenvalue weighted by Crippen LogP contribution is 2.34. The third kappa shape index (κ3) is 3.71. The Morgan fingerprint density at radius 1 is 1.42 bits per heavy atom. The van der Waals surface area contributed by atoms with E-state index in [-0.39, 0.29) is 5.41 Å². The van der Waals surface area contributed by atoms with E-state index in [0.29, 0.717) is 22.9 Å². The van der Waals surface area contributed by atoms with Gasteiger partial charge in [-0.2, -0.15) is 0 Å². The van der Waals surface area contributed by atoms with Crippen LogP contribution in [-0.2, 0) is 4.74 Å². The van der Waals surface area contributed by atoms with E-state index in [1.165, 1.54) is 0 Å². The number of aldehydes is 1. The lowest BCUT2D eigenvalue weighted by molar-refractivity contribution is 0.00356. The molecule has 1 heterocycles. The van der Waals surface area contributed by atoms with Gasteiger partial charge in [-0.1, -0.05) is 27.5 Å². The Hall–Kier alpha value is -0.580. The molecule has 0 aliphatic carbocycles. The molecule has 0 amide bonds. The van der Waals surface area contributed by atoms with Crippen LogP contribution in [0.2, 0.25) is 5.02 Å². The van der Waals surface area contributed by atoms with Gasteiger partial charge in [-0.25, -0.2) is 0 Å². The number of carbonyl (C=O) groups excluding carboxylic acids is 1. The molecular weight excluding hydrogens is 332 g/mol. The van der Waals surface area contributed by atoms with Crippen LogP contribution >= 0.6 is 27.5 Å². The van der Waals surface area contributed by atoms with Crippen LogP contribution in [0.4, 0.5) is 0 Å². The van der Waals surface area contributed by atoms with E-state index in [1.54, 1.807) is 18.2 Å². The van der Waals surface area contributed by atoms with E-state index in [9.17, 15) is 4.79 Å². The van der Waals surface area contributed by atoms with Gasteiger partial charge in [0.2, 0.25) is 0 Å². The zero-order chi connectivity index (χ0) is 13.7. The van der Waals surface area contributed by atoms with Gasteiger partial charge in [-0.3, -0.25) is 4.79 Å². The Labute approximate surface area is 126 Å². The van der Waals surface area contributed by atoms with Gasteiger partial charge in [0.05, 0.1) is 11.6 Å². The van der Waals surface area contributed by atoms with Gasteiger partial charge in [0.15, 0.2) is 0 Å². The summed E-state index contributed by atoms with van der Waals surface area (Å²) in [5, 5.41) is 1.36. The number of alkyl halides is 1. The normalized spacial score (nSPS) is 18.0. The third-order valence-electron chi connectivity index (χ3n) is 3.46. The third-order valence-corrected chi connectivity index (χ3v) is 4.95. The summed E-state index contributed by atoms with van der Waals surface area (Å²) in [5.41, 5.74) is 0.656. The van der Waals surface area contributed by atoms with Crippen molar-refractivity contribution in [2.24, 2.45) is 5.41 Å². The van der Waals surface area contributed by atoms with E-state index in [0.717, 1.165) is 37.7 Å². The predicted molar refractivity (Wildman–Crippen MR) is 78.6 cm³/mol. The van der Waals surface area contributed by atoms with Crippen molar-refractivity contribution in [2.75, 3.05) is 25.2 Å². The summed E-state index contributed by atoms with van der Waals surface area (Å²) < 4.78 is 11.2. The Balaban J connectivity index is 2.02. The summed E-state index contributed by atoms with van der Waals surface area (Å²) in [5.74, 6) is 0.624. The van der Waals surface area contributed by atoms with Crippen LogP contribution in [0.25, 0.3) is 0 Å². The second kappa shape index (κ2) is 6.73. The van der Waals surface area contributed by atoms with Crippen molar-refractivity contribution in [1.82, 2.24) is 0 Å². The van der Waals surface area contributed by atoms with Crippen LogP contribution in [0.15, 0.2) is 18.2 Å². The summed E-state index contributed by atoms with van der Waals surface area (Å²) in [6, 6.07) is 5.07. The van der Waals surface area contributed by atoms with Crippen LogP contribution in [0.5, 0.6) is 5.75 Å². The van der Waals surface area contributed by atoms with Crippen molar-refractivity contribution < 1.29 is 14.3 Å². The van der Waals surface area contributed by atoms with Gasteiger partial charge >= 0.3 is 0 Å². The Bertz CT molecular complexity index is 444. The summed E-state index contributed by atoms with van der Waals surface area (Å²) in [6.45, 7) is 2.14. The molecule has 0 unspecified atom stereocenters. The maximum atomic E-state index is 10.7. The molecule has 2 rings (SSSR count). The van der Waals surface area contributed by atoms with Gasteiger partial charge in [0, 0.05) is 29.5 Å². The summed E-state index contributed by atoms with van der Waals surface area (Å²) in [4.78, 5) is 10.7. The summed E-state index contributed by atoms with van der Waals surface area (Å²) in [6.07, 6.45) is 2.72. The minimum Gasteiger partial charge on any atom is -0.491 e. The molecule has 1 aromatic carbocycles. The van der Waals surface area contributed by atoms with Crippen LogP contribution in [0.1, 0.15) is 23.2 Å². The molecule has 0 bridgehead atoms. The van der Waals surface area contributed by atoms with E-state index in [4.69, 9.17) is 21.1 Å². The van der Waals surface area contributed by atoms with E-state index in [1.807, 2.05) is 0 Å². The van der Waals surface area contributed by atoms with E-state index in [2.05, 4.69) is 15.9 Å². The van der Waals surface area contributed by atoms with Gasteiger partial charge in [0.1, 0.15) is 12.0 Å². The van der Waals surface area contributed by atoms with Crippen molar-refractivity contribution in [3.8, 4) is 5.75 Å². The van der Waals surface area contributed by atoms with Gasteiger partial charge < -0.3 is 9.47 Å². The zero-order valence-electron chi connectivity index (χ0n) is 10.5. The molecule has 0 aromatic heterocycles. The Morgan fingerprint density at radius 2 is 2.16 bits per heavy atom. The molecule has 19 heavy (non-hydrogen) atoms. The number of hydrogen-bond acceptors (Lipinski definition) is 3. The largest absolute Gasteiger partial charge is 0.491 e. The van der Waals surface area contributed by atoms with Crippen LogP contribution in [0.3, 0.4) is 0 Å². The number of benzene rings is 1. The second-order valence-corrected chi connectivity index (χ2v) is 5.81. The molecule has 0 atom stereocenters. The van der Waals surface area contributed by atoms with Crippen molar-refractivity contribution in [1.29, 1.82) is 0 Å². The highest BCUT2D eigenvalue weighted by molar-refractivity contribution is 9.09. The first-order valence-electron chi connectivity index (χ1n) is 6.20. The molecular formula is C14H16BrClO3. The van der Waals surface area contributed by atoms with Crippen LogP contribution < -0.4 is 4.74 Å². The molecule has 0 saturated carbocycles. The average Bonchev–Trinajstić information content (AvgIpc) is 2.47. The lowest BCUT2D eigenvalue weighted by atomic mass is 9.83. The van der Waals surface area contributed by atoms with Crippen molar-refractivity contribution in [2.45, 2.75) is 12.8 Å². The maximum absolute atomic E-state index is 10.7. The monoisotopic (exact) mass is 346 g/mol. The minimum atomic E-state index is 0.102. The number of halogens is 2. The van der Waals surface area contributed by atoms with Crippen molar-refractivity contribution in [3.63, 3.8) is 0 Å². The fourth-order valence-corrected chi connectivity index (χ4v) is 3.03. The molecule has 104 valence electrons. The minimum absolute atomic E-state index is 0.102. The summed E-state index contributed by atoms with van der Waals surface area (Å²) in [7, 11) is 0. The van der Waals surface area contributed by atoms with Crippen molar-refractivity contribution in [3.05, 3.63) is 28.8 Å². The standard InChI is InChI=1S/C14H16BrClO3/c15-9-14(3-5-18-6-4-14)10-19-13-2-1-11(8-17)7-12(13)16/h1-2,7-8H,3-6,9-10H2. The second-order valence-electron chi connectivity index (χ2n) is 4.84. The molecule has 3 nitrogen and oxygen atoms in total. The topological polar surface area (TPSA) is 35.5 Å². The van der Waals surface area contributed by atoms with Gasteiger partial charge in [0.25, 0.3) is 0 Å². The average molecular weight is 348 g/mol. The lowest BCUT2D eigenvalue weighted by Crippen LogP contribution is -2.36.